The first kappa shape index (κ1) is 19.5. The van der Waals surface area contributed by atoms with Gasteiger partial charge in [0.25, 0.3) is 0 Å². The van der Waals surface area contributed by atoms with E-state index >= 15 is 0 Å². The second-order valence-electron chi connectivity index (χ2n) is 8.18. The molecular formula is C24H32N2O. The van der Waals surface area contributed by atoms with Crippen LogP contribution in [0.15, 0.2) is 42.5 Å². The fraction of sp³-hybridized carbons (Fsp3) is 0.458. The summed E-state index contributed by atoms with van der Waals surface area (Å²) in [4.78, 5) is 14.9. The second kappa shape index (κ2) is 8.60. The topological polar surface area (TPSA) is 32.3 Å². The quantitative estimate of drug-likeness (QED) is 0.813. The van der Waals surface area contributed by atoms with Crippen molar-refractivity contribution in [2.45, 2.75) is 53.0 Å². The third-order valence-electron chi connectivity index (χ3n) is 5.64. The summed E-state index contributed by atoms with van der Waals surface area (Å²) in [5.41, 5.74) is 5.95. The number of anilines is 1. The van der Waals surface area contributed by atoms with Crippen molar-refractivity contribution >= 4 is 11.6 Å². The number of carbonyl (C=O) groups is 1. The third kappa shape index (κ3) is 5.12. The Balaban J connectivity index is 1.58. The lowest BCUT2D eigenvalue weighted by Crippen LogP contribution is -2.34. The van der Waals surface area contributed by atoms with Crippen LogP contribution in [0.3, 0.4) is 0 Å². The summed E-state index contributed by atoms with van der Waals surface area (Å²) in [5, 5.41) is 3.14. The number of rotatable bonds is 5. The molecule has 144 valence electrons. The van der Waals surface area contributed by atoms with E-state index in [0.29, 0.717) is 6.42 Å². The first-order chi connectivity index (χ1) is 12.9. The van der Waals surface area contributed by atoms with Crippen LogP contribution in [0.5, 0.6) is 0 Å². The number of benzene rings is 2. The molecule has 1 N–H and O–H groups in total. The molecule has 0 radical (unpaired) electrons. The van der Waals surface area contributed by atoms with Crippen LogP contribution in [0.4, 0.5) is 5.69 Å². The van der Waals surface area contributed by atoms with Crippen molar-refractivity contribution in [1.29, 1.82) is 0 Å². The van der Waals surface area contributed by atoms with Gasteiger partial charge in [-0.15, -0.1) is 0 Å². The molecule has 0 spiro atoms. The first-order valence-electron chi connectivity index (χ1n) is 10.1. The summed E-state index contributed by atoms with van der Waals surface area (Å²) in [6, 6.07) is 15.0. The van der Waals surface area contributed by atoms with Gasteiger partial charge < -0.3 is 10.2 Å². The molecule has 1 amide bonds. The van der Waals surface area contributed by atoms with Crippen molar-refractivity contribution in [2.75, 3.05) is 18.0 Å². The Labute approximate surface area is 163 Å². The minimum absolute atomic E-state index is 0.0117. The van der Waals surface area contributed by atoms with E-state index in [-0.39, 0.29) is 11.9 Å². The Morgan fingerprint density at radius 2 is 1.93 bits per heavy atom. The van der Waals surface area contributed by atoms with Crippen LogP contribution in [0, 0.1) is 19.8 Å². The largest absolute Gasteiger partial charge is 0.371 e. The molecule has 2 aromatic rings. The van der Waals surface area contributed by atoms with Gasteiger partial charge >= 0.3 is 0 Å². The zero-order valence-corrected chi connectivity index (χ0v) is 17.1. The van der Waals surface area contributed by atoms with Crippen molar-refractivity contribution in [3.8, 4) is 0 Å². The van der Waals surface area contributed by atoms with Gasteiger partial charge in [-0.3, -0.25) is 4.79 Å². The minimum Gasteiger partial charge on any atom is -0.371 e. The average molecular weight is 365 g/mol. The van der Waals surface area contributed by atoms with E-state index in [4.69, 9.17) is 0 Å². The van der Waals surface area contributed by atoms with Crippen molar-refractivity contribution in [2.24, 2.45) is 5.92 Å². The number of hydrogen-bond acceptors (Lipinski definition) is 2. The Hall–Kier alpha value is -2.29. The number of carbonyl (C=O) groups excluding carboxylic acids is 1. The molecule has 0 aromatic heterocycles. The number of nitrogens with zero attached hydrogens (tertiary/aromatic N) is 1. The van der Waals surface area contributed by atoms with Crippen LogP contribution in [-0.4, -0.2) is 19.0 Å². The Morgan fingerprint density at radius 1 is 1.19 bits per heavy atom. The number of piperidine rings is 1. The molecule has 0 saturated carbocycles. The average Bonchev–Trinajstić information content (AvgIpc) is 2.64. The standard InChI is InChI=1S/C24H32N2O/c1-17-7-8-22(19(3)14-17)15-24(27)25-20(4)21-9-11-23(12-10-21)26-13-5-6-18(2)16-26/h7-12,14,18,20H,5-6,13,15-16H2,1-4H3,(H,25,27)/t18-,20+/m0/s1. The zero-order chi connectivity index (χ0) is 19.4. The fourth-order valence-corrected chi connectivity index (χ4v) is 3.99. The van der Waals surface area contributed by atoms with E-state index in [0.717, 1.165) is 30.1 Å². The lowest BCUT2D eigenvalue weighted by Gasteiger charge is -2.33. The van der Waals surface area contributed by atoms with Gasteiger partial charge in [-0.05, 0) is 68.4 Å². The smallest absolute Gasteiger partial charge is 0.224 e. The van der Waals surface area contributed by atoms with Crippen molar-refractivity contribution < 1.29 is 4.79 Å². The number of amides is 1. The van der Waals surface area contributed by atoms with Crippen molar-refractivity contribution in [3.05, 3.63) is 64.7 Å². The lowest BCUT2D eigenvalue weighted by atomic mass is 9.99. The zero-order valence-electron chi connectivity index (χ0n) is 17.1. The highest BCUT2D eigenvalue weighted by Crippen LogP contribution is 2.24. The van der Waals surface area contributed by atoms with E-state index < -0.39 is 0 Å². The normalized spacial score (nSPS) is 18.2. The Kier molecular flexibility index (Phi) is 6.20. The highest BCUT2D eigenvalue weighted by Gasteiger charge is 2.17. The molecule has 27 heavy (non-hydrogen) atoms. The Morgan fingerprint density at radius 3 is 2.59 bits per heavy atom. The molecule has 3 rings (SSSR count). The van der Waals surface area contributed by atoms with Gasteiger partial charge in [0.2, 0.25) is 5.91 Å². The Bertz CT molecular complexity index is 781. The maximum Gasteiger partial charge on any atom is 0.224 e. The third-order valence-corrected chi connectivity index (χ3v) is 5.64. The van der Waals surface area contributed by atoms with Gasteiger partial charge in [-0.2, -0.15) is 0 Å². The van der Waals surface area contributed by atoms with Crippen LogP contribution in [-0.2, 0) is 11.2 Å². The van der Waals surface area contributed by atoms with Crippen LogP contribution < -0.4 is 10.2 Å². The molecular weight excluding hydrogens is 332 g/mol. The fourth-order valence-electron chi connectivity index (χ4n) is 3.99. The van der Waals surface area contributed by atoms with E-state index in [9.17, 15) is 4.79 Å². The number of hydrogen-bond donors (Lipinski definition) is 1. The molecule has 1 aliphatic rings. The summed E-state index contributed by atoms with van der Waals surface area (Å²) < 4.78 is 0. The van der Waals surface area contributed by atoms with Crippen molar-refractivity contribution in [1.82, 2.24) is 5.32 Å². The maximum atomic E-state index is 12.5. The van der Waals surface area contributed by atoms with Gasteiger partial charge in [0.05, 0.1) is 12.5 Å². The van der Waals surface area contributed by atoms with Crippen LogP contribution in [0.2, 0.25) is 0 Å². The van der Waals surface area contributed by atoms with E-state index in [1.165, 1.54) is 29.7 Å². The lowest BCUT2D eigenvalue weighted by molar-refractivity contribution is -0.121. The van der Waals surface area contributed by atoms with Gasteiger partial charge in [-0.25, -0.2) is 0 Å². The van der Waals surface area contributed by atoms with Gasteiger partial charge in [0.15, 0.2) is 0 Å². The summed E-state index contributed by atoms with van der Waals surface area (Å²) in [6.45, 7) is 10.8. The van der Waals surface area contributed by atoms with E-state index in [1.807, 2.05) is 0 Å². The van der Waals surface area contributed by atoms with Crippen LogP contribution in [0.25, 0.3) is 0 Å². The molecule has 0 bridgehead atoms. The summed E-state index contributed by atoms with van der Waals surface area (Å²) >= 11 is 0. The molecule has 3 heteroatoms. The molecule has 1 aliphatic heterocycles. The summed E-state index contributed by atoms with van der Waals surface area (Å²) in [6.07, 6.45) is 3.03. The molecule has 1 heterocycles. The predicted molar refractivity (Wildman–Crippen MR) is 113 cm³/mol. The van der Waals surface area contributed by atoms with Gasteiger partial charge in [0, 0.05) is 18.8 Å². The summed E-state index contributed by atoms with van der Waals surface area (Å²) in [7, 11) is 0. The monoisotopic (exact) mass is 364 g/mol. The van der Waals surface area contributed by atoms with Crippen LogP contribution >= 0.6 is 0 Å². The van der Waals surface area contributed by atoms with E-state index in [2.05, 4.69) is 80.4 Å². The maximum absolute atomic E-state index is 12.5. The first-order valence-corrected chi connectivity index (χ1v) is 10.1. The predicted octanol–water partition coefficient (Wildman–Crippen LogP) is 4.96. The SMILES string of the molecule is Cc1ccc(CC(=O)N[C@H](C)c2ccc(N3CCC[C@H](C)C3)cc2)c(C)c1. The molecule has 1 fully saturated rings. The molecule has 0 unspecified atom stereocenters. The van der Waals surface area contributed by atoms with Gasteiger partial charge in [0.1, 0.15) is 0 Å². The number of nitrogens with one attached hydrogen (secondary N) is 1. The van der Waals surface area contributed by atoms with E-state index in [1.54, 1.807) is 0 Å². The second-order valence-corrected chi connectivity index (χ2v) is 8.18. The van der Waals surface area contributed by atoms with Crippen molar-refractivity contribution in [3.63, 3.8) is 0 Å². The highest BCUT2D eigenvalue weighted by atomic mass is 16.1. The molecule has 2 atom stereocenters. The molecule has 2 aromatic carbocycles. The number of aryl methyl sites for hydroxylation is 2. The highest BCUT2D eigenvalue weighted by molar-refractivity contribution is 5.79. The van der Waals surface area contributed by atoms with Gasteiger partial charge in [-0.1, -0.05) is 42.8 Å². The molecule has 3 nitrogen and oxygen atoms in total. The van der Waals surface area contributed by atoms with Crippen LogP contribution in [0.1, 0.15) is 55.0 Å². The summed E-state index contributed by atoms with van der Waals surface area (Å²) in [5.74, 6) is 0.838. The minimum atomic E-state index is 0.0117. The molecule has 1 saturated heterocycles. The molecule has 0 aliphatic carbocycles.